The summed E-state index contributed by atoms with van der Waals surface area (Å²) in [6, 6.07) is 4.02. The molecule has 0 fully saturated rings. The van der Waals surface area contributed by atoms with Gasteiger partial charge in [0, 0.05) is 18.5 Å². The molecule has 1 aliphatic heterocycles. The van der Waals surface area contributed by atoms with Gasteiger partial charge in [-0.15, -0.1) is 10.2 Å². The molecule has 1 aromatic heterocycles. The Labute approximate surface area is 129 Å². The number of rotatable bonds is 3. The second kappa shape index (κ2) is 5.55. The molecule has 1 unspecified atom stereocenters. The number of carbonyl (C=O) groups is 1. The summed E-state index contributed by atoms with van der Waals surface area (Å²) in [4.78, 5) is 12.2. The molecule has 1 atom stereocenters. The number of amides is 1. The molecule has 0 bridgehead atoms. The van der Waals surface area contributed by atoms with Gasteiger partial charge in [-0.25, -0.2) is 4.39 Å². The van der Waals surface area contributed by atoms with Crippen molar-refractivity contribution in [2.75, 3.05) is 0 Å². The lowest BCUT2D eigenvalue weighted by atomic mass is 10.2. The predicted octanol–water partition coefficient (Wildman–Crippen LogP) is 2.62. The zero-order chi connectivity index (χ0) is 15.0. The third kappa shape index (κ3) is 2.70. The molecule has 1 amide bonds. The van der Waals surface area contributed by atoms with Crippen molar-refractivity contribution in [2.45, 2.75) is 32.4 Å². The average molecular weight is 353 g/mol. The normalized spacial score (nSPS) is 14.8. The van der Waals surface area contributed by atoms with E-state index in [1.165, 1.54) is 12.1 Å². The molecule has 0 saturated carbocycles. The van der Waals surface area contributed by atoms with Crippen LogP contribution in [0.2, 0.25) is 0 Å². The topological polar surface area (TPSA) is 59.8 Å². The molecule has 1 N–H and O–H groups in total. The van der Waals surface area contributed by atoms with Gasteiger partial charge < -0.3 is 9.88 Å². The summed E-state index contributed by atoms with van der Waals surface area (Å²) in [5.74, 6) is 0.914. The summed E-state index contributed by atoms with van der Waals surface area (Å²) >= 11 is 3.07. The zero-order valence-corrected chi connectivity index (χ0v) is 13.0. The van der Waals surface area contributed by atoms with E-state index in [1.807, 2.05) is 11.5 Å². The summed E-state index contributed by atoms with van der Waals surface area (Å²) < 4.78 is 15.8. The van der Waals surface area contributed by atoms with Crippen molar-refractivity contribution in [2.24, 2.45) is 0 Å². The van der Waals surface area contributed by atoms with E-state index in [4.69, 9.17) is 0 Å². The number of hydrogen-bond donors (Lipinski definition) is 1. The molecule has 0 radical (unpaired) electrons. The minimum Gasteiger partial charge on any atom is -0.342 e. The van der Waals surface area contributed by atoms with E-state index in [-0.39, 0.29) is 17.5 Å². The van der Waals surface area contributed by atoms with Crippen molar-refractivity contribution >= 4 is 21.8 Å². The molecular weight excluding hydrogens is 339 g/mol. The van der Waals surface area contributed by atoms with Gasteiger partial charge in [0.25, 0.3) is 5.91 Å². The number of aromatic nitrogens is 3. The van der Waals surface area contributed by atoms with Crippen LogP contribution in [0.4, 0.5) is 4.39 Å². The maximum Gasteiger partial charge on any atom is 0.251 e. The maximum absolute atomic E-state index is 13.5. The molecule has 0 saturated heterocycles. The van der Waals surface area contributed by atoms with Crippen LogP contribution in [0.25, 0.3) is 0 Å². The van der Waals surface area contributed by atoms with E-state index >= 15 is 0 Å². The fourth-order valence-corrected chi connectivity index (χ4v) is 2.72. The van der Waals surface area contributed by atoms with Gasteiger partial charge in [0.1, 0.15) is 11.6 Å². The highest BCUT2D eigenvalue weighted by molar-refractivity contribution is 9.10. The fraction of sp³-hybridized carbons (Fsp3) is 0.357. The highest BCUT2D eigenvalue weighted by Crippen LogP contribution is 2.20. The lowest BCUT2D eigenvalue weighted by Crippen LogP contribution is -2.28. The molecular formula is C14H14BrFN4O. The fourth-order valence-electron chi connectivity index (χ4n) is 2.48. The Hall–Kier alpha value is -1.76. The molecule has 2 aromatic rings. The van der Waals surface area contributed by atoms with Crippen LogP contribution in [0.1, 0.15) is 41.4 Å². The molecule has 1 aromatic carbocycles. The summed E-state index contributed by atoms with van der Waals surface area (Å²) in [6.45, 7) is 2.73. The summed E-state index contributed by atoms with van der Waals surface area (Å²) in [7, 11) is 0. The average Bonchev–Trinajstić information content (AvgIpc) is 3.04. The lowest BCUT2D eigenvalue weighted by Gasteiger charge is -2.14. The Morgan fingerprint density at radius 2 is 2.29 bits per heavy atom. The third-order valence-electron chi connectivity index (χ3n) is 3.55. The number of hydrogen-bond acceptors (Lipinski definition) is 3. The standard InChI is InChI=1S/C14H14BrFN4O/c1-8(13-19-18-12-3-2-6-20(12)13)17-14(21)9-4-5-10(15)11(16)7-9/h4-5,7-8H,2-3,6H2,1H3,(H,17,21). The first-order valence-electron chi connectivity index (χ1n) is 6.74. The molecule has 5 nitrogen and oxygen atoms in total. The minimum atomic E-state index is -0.460. The van der Waals surface area contributed by atoms with E-state index in [9.17, 15) is 9.18 Å². The van der Waals surface area contributed by atoms with Crippen molar-refractivity contribution in [3.8, 4) is 0 Å². The number of carbonyl (C=O) groups excluding carboxylic acids is 1. The van der Waals surface area contributed by atoms with Crippen LogP contribution < -0.4 is 5.32 Å². The minimum absolute atomic E-state index is 0.274. The highest BCUT2D eigenvalue weighted by atomic mass is 79.9. The second-order valence-electron chi connectivity index (χ2n) is 5.05. The van der Waals surface area contributed by atoms with Crippen LogP contribution in [0.3, 0.4) is 0 Å². The lowest BCUT2D eigenvalue weighted by molar-refractivity contribution is 0.0937. The molecule has 3 rings (SSSR count). The predicted molar refractivity (Wildman–Crippen MR) is 78.3 cm³/mol. The van der Waals surface area contributed by atoms with Gasteiger partial charge in [-0.1, -0.05) is 0 Å². The summed E-state index contributed by atoms with van der Waals surface area (Å²) in [5.41, 5.74) is 0.281. The van der Waals surface area contributed by atoms with Gasteiger partial charge >= 0.3 is 0 Å². The number of aryl methyl sites for hydroxylation is 1. The maximum atomic E-state index is 13.5. The van der Waals surface area contributed by atoms with Crippen molar-refractivity contribution in [3.05, 3.63) is 45.7 Å². The molecule has 0 aliphatic carbocycles. The van der Waals surface area contributed by atoms with Crippen LogP contribution in [0.5, 0.6) is 0 Å². The van der Waals surface area contributed by atoms with Gasteiger partial charge in [0.15, 0.2) is 5.82 Å². The van der Waals surface area contributed by atoms with Gasteiger partial charge in [0.05, 0.1) is 10.5 Å². The Kier molecular flexibility index (Phi) is 3.75. The summed E-state index contributed by atoms with van der Waals surface area (Å²) in [5, 5.41) is 11.1. The quantitative estimate of drug-likeness (QED) is 0.923. The van der Waals surface area contributed by atoms with Gasteiger partial charge in [-0.3, -0.25) is 4.79 Å². The Morgan fingerprint density at radius 1 is 1.48 bits per heavy atom. The third-order valence-corrected chi connectivity index (χ3v) is 4.20. The van der Waals surface area contributed by atoms with Crippen molar-refractivity contribution < 1.29 is 9.18 Å². The second-order valence-corrected chi connectivity index (χ2v) is 5.91. The zero-order valence-electron chi connectivity index (χ0n) is 11.4. The molecule has 110 valence electrons. The number of benzene rings is 1. The molecule has 1 aliphatic rings. The van der Waals surface area contributed by atoms with Crippen molar-refractivity contribution in [3.63, 3.8) is 0 Å². The number of halogens is 2. The Bertz CT molecular complexity index is 700. The van der Waals surface area contributed by atoms with E-state index in [1.54, 1.807) is 6.07 Å². The van der Waals surface area contributed by atoms with Crippen LogP contribution in [0.15, 0.2) is 22.7 Å². The van der Waals surface area contributed by atoms with Gasteiger partial charge in [-0.05, 0) is 47.5 Å². The molecule has 7 heteroatoms. The van der Waals surface area contributed by atoms with E-state index in [0.717, 1.165) is 31.0 Å². The first-order chi connectivity index (χ1) is 10.1. The van der Waals surface area contributed by atoms with Crippen molar-refractivity contribution in [1.82, 2.24) is 20.1 Å². The van der Waals surface area contributed by atoms with Gasteiger partial charge in [-0.2, -0.15) is 0 Å². The van der Waals surface area contributed by atoms with Crippen LogP contribution >= 0.6 is 15.9 Å². The van der Waals surface area contributed by atoms with Crippen LogP contribution in [0, 0.1) is 5.82 Å². The van der Waals surface area contributed by atoms with Gasteiger partial charge in [0.2, 0.25) is 0 Å². The van der Waals surface area contributed by atoms with E-state index < -0.39 is 5.82 Å². The summed E-state index contributed by atoms with van der Waals surface area (Å²) in [6.07, 6.45) is 1.97. The first-order valence-corrected chi connectivity index (χ1v) is 7.53. The van der Waals surface area contributed by atoms with Crippen LogP contribution in [-0.4, -0.2) is 20.7 Å². The Balaban J connectivity index is 1.76. The largest absolute Gasteiger partial charge is 0.342 e. The molecule has 2 heterocycles. The molecule has 0 spiro atoms. The Morgan fingerprint density at radius 3 is 3.05 bits per heavy atom. The monoisotopic (exact) mass is 352 g/mol. The van der Waals surface area contributed by atoms with E-state index in [0.29, 0.717) is 4.47 Å². The number of nitrogens with one attached hydrogen (secondary N) is 1. The number of fused-ring (bicyclic) bond motifs is 1. The van der Waals surface area contributed by atoms with Crippen LogP contribution in [-0.2, 0) is 13.0 Å². The van der Waals surface area contributed by atoms with Crippen molar-refractivity contribution in [1.29, 1.82) is 0 Å². The smallest absolute Gasteiger partial charge is 0.251 e. The molecule has 21 heavy (non-hydrogen) atoms. The van der Waals surface area contributed by atoms with E-state index in [2.05, 4.69) is 31.4 Å². The first kappa shape index (κ1) is 14.2. The highest BCUT2D eigenvalue weighted by Gasteiger charge is 2.22. The number of nitrogens with zero attached hydrogens (tertiary/aromatic N) is 3. The SMILES string of the molecule is CC(NC(=O)c1ccc(Br)c(F)c1)c1nnc2n1CCC2.